The molecule has 4 rings (SSSR count). The average molecular weight is 374 g/mol. The molecule has 3 aromatic rings. The normalized spacial score (nSPS) is 15.8. The van der Waals surface area contributed by atoms with Crippen LogP contribution in [0.25, 0.3) is 21.9 Å². The fraction of sp³-hybridized carbons (Fsp3) is 0.304. The van der Waals surface area contributed by atoms with E-state index in [1.807, 2.05) is 36.7 Å². The molecule has 0 atom stereocenters. The maximum absolute atomic E-state index is 11.1. The maximum Gasteiger partial charge on any atom is 0.221 e. The first-order valence-corrected chi connectivity index (χ1v) is 9.81. The summed E-state index contributed by atoms with van der Waals surface area (Å²) in [4.78, 5) is 18.0. The van der Waals surface area contributed by atoms with Gasteiger partial charge in [0.2, 0.25) is 5.91 Å². The summed E-state index contributed by atoms with van der Waals surface area (Å²) in [7, 11) is 0. The Morgan fingerprint density at radius 1 is 1.04 bits per heavy atom. The Bertz CT molecular complexity index is 976. The molecule has 1 saturated heterocycles. The second-order valence-electron chi connectivity index (χ2n) is 7.70. The molecule has 0 aliphatic carbocycles. The van der Waals surface area contributed by atoms with Crippen molar-refractivity contribution in [3.63, 3.8) is 0 Å². The molecule has 0 spiro atoms. The number of hydrogen-bond acceptors (Lipinski definition) is 4. The molecule has 1 fully saturated rings. The van der Waals surface area contributed by atoms with Crippen LogP contribution >= 0.6 is 0 Å². The van der Waals surface area contributed by atoms with Crippen LogP contribution in [0.5, 0.6) is 0 Å². The summed E-state index contributed by atoms with van der Waals surface area (Å²) >= 11 is 0. The second kappa shape index (κ2) is 8.09. The van der Waals surface area contributed by atoms with Crippen LogP contribution in [-0.2, 0) is 17.8 Å². The number of nitrogens with zero attached hydrogens (tertiary/aromatic N) is 2. The Morgan fingerprint density at radius 3 is 2.46 bits per heavy atom. The van der Waals surface area contributed by atoms with Crippen molar-refractivity contribution < 1.29 is 4.79 Å². The van der Waals surface area contributed by atoms with E-state index in [4.69, 9.17) is 11.5 Å². The fourth-order valence-corrected chi connectivity index (χ4v) is 3.91. The Balaban J connectivity index is 1.62. The minimum Gasteiger partial charge on any atom is -0.369 e. The standard InChI is InChI=1S/C23H26N4O/c24-20-7-9-27(10-8-20)15-17-3-6-19-13-26-14-22(21(19)11-17)18-4-1-16(2-5-18)12-23(25)28/h1-6,11,13-14,20H,7-10,12,15,24H2,(H2,25,28). The van der Waals surface area contributed by atoms with Gasteiger partial charge in [0.05, 0.1) is 6.42 Å². The van der Waals surface area contributed by atoms with Gasteiger partial charge in [-0.25, -0.2) is 0 Å². The van der Waals surface area contributed by atoms with Gasteiger partial charge >= 0.3 is 0 Å². The van der Waals surface area contributed by atoms with Crippen molar-refractivity contribution in [2.45, 2.75) is 31.8 Å². The highest BCUT2D eigenvalue weighted by Gasteiger charge is 2.16. The number of nitrogens with two attached hydrogens (primary N) is 2. The number of piperidine rings is 1. The van der Waals surface area contributed by atoms with Crippen LogP contribution in [0.3, 0.4) is 0 Å². The summed E-state index contributed by atoms with van der Waals surface area (Å²) < 4.78 is 0. The van der Waals surface area contributed by atoms with Crippen molar-refractivity contribution in [3.8, 4) is 11.1 Å². The molecule has 0 unspecified atom stereocenters. The first kappa shape index (κ1) is 18.6. The molecule has 1 amide bonds. The first-order chi connectivity index (χ1) is 13.6. The number of carbonyl (C=O) groups is 1. The summed E-state index contributed by atoms with van der Waals surface area (Å²) in [6, 6.07) is 15.0. The molecule has 5 heteroatoms. The molecule has 1 aliphatic rings. The first-order valence-electron chi connectivity index (χ1n) is 9.81. The average Bonchev–Trinajstić information content (AvgIpc) is 2.69. The van der Waals surface area contributed by atoms with E-state index in [9.17, 15) is 4.79 Å². The topological polar surface area (TPSA) is 85.2 Å². The number of rotatable bonds is 5. The molecule has 2 aromatic carbocycles. The highest BCUT2D eigenvalue weighted by Crippen LogP contribution is 2.29. The highest BCUT2D eigenvalue weighted by molar-refractivity contribution is 5.96. The van der Waals surface area contributed by atoms with Crippen LogP contribution in [0.1, 0.15) is 24.0 Å². The van der Waals surface area contributed by atoms with Crippen molar-refractivity contribution in [3.05, 3.63) is 66.0 Å². The second-order valence-corrected chi connectivity index (χ2v) is 7.70. The zero-order valence-electron chi connectivity index (χ0n) is 16.0. The predicted octanol–water partition coefficient (Wildman–Crippen LogP) is 2.85. The lowest BCUT2D eigenvalue weighted by molar-refractivity contribution is -0.117. The summed E-state index contributed by atoms with van der Waals surface area (Å²) in [6.45, 7) is 3.06. The van der Waals surface area contributed by atoms with Crippen molar-refractivity contribution in [1.29, 1.82) is 0 Å². The Kier molecular flexibility index (Phi) is 5.37. The van der Waals surface area contributed by atoms with E-state index in [2.05, 4.69) is 28.1 Å². The van der Waals surface area contributed by atoms with Gasteiger partial charge in [-0.1, -0.05) is 36.4 Å². The fourth-order valence-electron chi connectivity index (χ4n) is 3.91. The van der Waals surface area contributed by atoms with Crippen LogP contribution in [0.4, 0.5) is 0 Å². The molecule has 4 N–H and O–H groups in total. The van der Waals surface area contributed by atoms with Gasteiger partial charge in [-0.3, -0.25) is 14.7 Å². The lowest BCUT2D eigenvalue weighted by atomic mass is 9.97. The number of fused-ring (bicyclic) bond motifs is 1. The van der Waals surface area contributed by atoms with E-state index in [1.54, 1.807) is 0 Å². The van der Waals surface area contributed by atoms with Crippen LogP contribution < -0.4 is 11.5 Å². The monoisotopic (exact) mass is 374 g/mol. The Hall–Kier alpha value is -2.76. The van der Waals surface area contributed by atoms with Gasteiger partial charge in [-0.15, -0.1) is 0 Å². The van der Waals surface area contributed by atoms with E-state index < -0.39 is 0 Å². The lowest BCUT2D eigenvalue weighted by Gasteiger charge is -2.30. The molecule has 0 saturated carbocycles. The van der Waals surface area contributed by atoms with Crippen molar-refractivity contribution in [1.82, 2.24) is 9.88 Å². The van der Waals surface area contributed by atoms with E-state index in [0.717, 1.165) is 54.6 Å². The smallest absolute Gasteiger partial charge is 0.221 e. The SMILES string of the molecule is NC(=O)Cc1ccc(-c2cncc3ccc(CN4CCC(N)CC4)cc23)cc1. The van der Waals surface area contributed by atoms with Crippen molar-refractivity contribution >= 4 is 16.7 Å². The molecule has 144 valence electrons. The zero-order chi connectivity index (χ0) is 19.5. The Morgan fingerprint density at radius 2 is 1.75 bits per heavy atom. The highest BCUT2D eigenvalue weighted by atomic mass is 16.1. The molecular formula is C23H26N4O. The van der Waals surface area contributed by atoms with E-state index in [1.165, 1.54) is 10.9 Å². The van der Waals surface area contributed by atoms with Gasteiger partial charge in [0.1, 0.15) is 0 Å². The summed E-state index contributed by atoms with van der Waals surface area (Å²) in [5, 5.41) is 2.33. The third kappa shape index (κ3) is 4.21. The van der Waals surface area contributed by atoms with Crippen molar-refractivity contribution in [2.75, 3.05) is 13.1 Å². The lowest BCUT2D eigenvalue weighted by Crippen LogP contribution is -2.39. The summed E-state index contributed by atoms with van der Waals surface area (Å²) in [5.41, 5.74) is 15.7. The van der Waals surface area contributed by atoms with Crippen LogP contribution in [0.2, 0.25) is 0 Å². The summed E-state index contributed by atoms with van der Waals surface area (Å²) in [5.74, 6) is -0.317. The molecule has 5 nitrogen and oxygen atoms in total. The van der Waals surface area contributed by atoms with E-state index in [-0.39, 0.29) is 12.3 Å². The molecule has 1 aliphatic heterocycles. The number of aromatic nitrogens is 1. The number of pyridine rings is 1. The van der Waals surface area contributed by atoms with Gasteiger partial charge in [0.15, 0.2) is 0 Å². The quantitative estimate of drug-likeness (QED) is 0.719. The van der Waals surface area contributed by atoms with Crippen LogP contribution in [-0.4, -0.2) is 34.9 Å². The number of carbonyl (C=O) groups excluding carboxylic acids is 1. The minimum absolute atomic E-state index is 0.262. The molecule has 0 bridgehead atoms. The van der Waals surface area contributed by atoms with Gasteiger partial charge in [0.25, 0.3) is 0 Å². The summed E-state index contributed by atoms with van der Waals surface area (Å²) in [6.07, 6.45) is 6.22. The number of primary amides is 1. The number of amides is 1. The maximum atomic E-state index is 11.1. The number of benzene rings is 2. The zero-order valence-corrected chi connectivity index (χ0v) is 16.0. The predicted molar refractivity (Wildman–Crippen MR) is 113 cm³/mol. The van der Waals surface area contributed by atoms with Crippen molar-refractivity contribution in [2.24, 2.45) is 11.5 Å². The largest absolute Gasteiger partial charge is 0.369 e. The molecule has 28 heavy (non-hydrogen) atoms. The van der Waals surface area contributed by atoms with Gasteiger partial charge in [-0.2, -0.15) is 0 Å². The number of hydrogen-bond donors (Lipinski definition) is 2. The molecule has 2 heterocycles. The minimum atomic E-state index is -0.317. The van der Waals surface area contributed by atoms with Gasteiger partial charge < -0.3 is 11.5 Å². The molecular weight excluding hydrogens is 348 g/mol. The Labute approximate surface area is 165 Å². The third-order valence-electron chi connectivity index (χ3n) is 5.51. The van der Waals surface area contributed by atoms with Crippen LogP contribution in [0.15, 0.2) is 54.9 Å². The number of likely N-dealkylation sites (tertiary alicyclic amines) is 1. The molecule has 1 aromatic heterocycles. The van der Waals surface area contributed by atoms with Gasteiger partial charge in [0, 0.05) is 35.9 Å². The van der Waals surface area contributed by atoms with Crippen LogP contribution in [0, 0.1) is 0 Å². The third-order valence-corrected chi connectivity index (χ3v) is 5.51. The van der Waals surface area contributed by atoms with Gasteiger partial charge in [-0.05, 0) is 54.1 Å². The molecule has 0 radical (unpaired) electrons. The van der Waals surface area contributed by atoms with E-state index >= 15 is 0 Å². The van der Waals surface area contributed by atoms with E-state index in [0.29, 0.717) is 6.04 Å².